The number of nitrogens with zero attached hydrogens (tertiary/aromatic N) is 1. The minimum atomic E-state index is 0.376. The summed E-state index contributed by atoms with van der Waals surface area (Å²) in [4.78, 5) is 2.36. The zero-order valence-corrected chi connectivity index (χ0v) is 8.56. The molecule has 0 radical (unpaired) electrons. The van der Waals surface area contributed by atoms with Crippen LogP contribution >= 0.6 is 0 Å². The second kappa shape index (κ2) is 3.59. The van der Waals surface area contributed by atoms with Crippen LogP contribution in [-0.4, -0.2) is 24.2 Å². The monoisotopic (exact) mass is 201 g/mol. The molecule has 0 amide bonds. The van der Waals surface area contributed by atoms with Crippen molar-refractivity contribution in [2.24, 2.45) is 0 Å². The Labute approximate surface area is 89.8 Å². The van der Waals surface area contributed by atoms with Crippen molar-refractivity contribution >= 4 is 0 Å². The summed E-state index contributed by atoms with van der Waals surface area (Å²) in [5.41, 5.74) is 1.35. The quantitative estimate of drug-likeness (QED) is 0.710. The van der Waals surface area contributed by atoms with Crippen LogP contribution in [0.2, 0.25) is 0 Å². The molecule has 2 unspecified atom stereocenters. The summed E-state index contributed by atoms with van der Waals surface area (Å²) < 4.78 is 0. The summed E-state index contributed by atoms with van der Waals surface area (Å²) in [5, 5.41) is 6.95. The lowest BCUT2D eigenvalue weighted by molar-refractivity contribution is 0.175. The molecule has 1 fully saturated rings. The molecule has 3 rings (SSSR count). The maximum atomic E-state index is 3.56. The number of hydrogen-bond acceptors (Lipinski definition) is 3. The van der Waals surface area contributed by atoms with Gasteiger partial charge in [-0.3, -0.25) is 0 Å². The van der Waals surface area contributed by atoms with Gasteiger partial charge in [0.25, 0.3) is 0 Å². The van der Waals surface area contributed by atoms with Crippen molar-refractivity contribution in [3.63, 3.8) is 0 Å². The molecule has 2 heterocycles. The predicted molar refractivity (Wildman–Crippen MR) is 60.0 cm³/mol. The van der Waals surface area contributed by atoms with E-state index in [1.165, 1.54) is 5.56 Å². The normalized spacial score (nSPS) is 28.7. The molecule has 0 aromatic heterocycles. The molecule has 2 aliphatic heterocycles. The van der Waals surface area contributed by atoms with Gasteiger partial charge in [0.15, 0.2) is 0 Å². The second-order valence-corrected chi connectivity index (χ2v) is 4.01. The SMILES string of the molecule is C1=CN2CCNC(c3ccccc3)C2N1. The van der Waals surface area contributed by atoms with Gasteiger partial charge in [0.2, 0.25) is 0 Å². The van der Waals surface area contributed by atoms with E-state index in [-0.39, 0.29) is 0 Å². The number of benzene rings is 1. The van der Waals surface area contributed by atoms with Gasteiger partial charge in [0, 0.05) is 25.5 Å². The maximum absolute atomic E-state index is 3.56. The summed E-state index contributed by atoms with van der Waals surface area (Å²) in [6.07, 6.45) is 4.55. The Bertz CT molecular complexity index is 360. The molecule has 1 saturated heterocycles. The molecule has 0 bridgehead atoms. The number of piperazine rings is 1. The molecule has 2 aliphatic rings. The fourth-order valence-corrected chi connectivity index (χ4v) is 2.35. The van der Waals surface area contributed by atoms with E-state index in [0.717, 1.165) is 13.1 Å². The number of rotatable bonds is 1. The summed E-state index contributed by atoms with van der Waals surface area (Å²) in [5.74, 6) is 0. The van der Waals surface area contributed by atoms with E-state index < -0.39 is 0 Å². The van der Waals surface area contributed by atoms with E-state index in [4.69, 9.17) is 0 Å². The summed E-state index contributed by atoms with van der Waals surface area (Å²) in [6.45, 7) is 2.12. The van der Waals surface area contributed by atoms with Crippen molar-refractivity contribution < 1.29 is 0 Å². The van der Waals surface area contributed by atoms with Crippen molar-refractivity contribution in [1.82, 2.24) is 15.5 Å². The minimum absolute atomic E-state index is 0.376. The van der Waals surface area contributed by atoms with Crippen LogP contribution in [0.3, 0.4) is 0 Å². The van der Waals surface area contributed by atoms with E-state index in [9.17, 15) is 0 Å². The Kier molecular flexibility index (Phi) is 2.10. The number of hydrogen-bond donors (Lipinski definition) is 2. The van der Waals surface area contributed by atoms with Crippen molar-refractivity contribution in [2.75, 3.05) is 13.1 Å². The molecule has 2 N–H and O–H groups in total. The Morgan fingerprint density at radius 3 is 2.93 bits per heavy atom. The van der Waals surface area contributed by atoms with Crippen LogP contribution in [0.5, 0.6) is 0 Å². The molecule has 2 atom stereocenters. The van der Waals surface area contributed by atoms with Gasteiger partial charge in [-0.15, -0.1) is 0 Å². The van der Waals surface area contributed by atoms with Crippen molar-refractivity contribution in [3.8, 4) is 0 Å². The highest BCUT2D eigenvalue weighted by Crippen LogP contribution is 2.24. The van der Waals surface area contributed by atoms with Gasteiger partial charge < -0.3 is 15.5 Å². The topological polar surface area (TPSA) is 27.3 Å². The summed E-state index contributed by atoms with van der Waals surface area (Å²) in [6, 6.07) is 11.0. The molecule has 1 aromatic carbocycles. The Morgan fingerprint density at radius 1 is 1.20 bits per heavy atom. The molecular weight excluding hydrogens is 186 g/mol. The molecule has 3 nitrogen and oxygen atoms in total. The van der Waals surface area contributed by atoms with Crippen molar-refractivity contribution in [1.29, 1.82) is 0 Å². The van der Waals surface area contributed by atoms with Crippen LogP contribution in [-0.2, 0) is 0 Å². The number of fused-ring (bicyclic) bond motifs is 1. The molecule has 3 heteroatoms. The van der Waals surface area contributed by atoms with Gasteiger partial charge in [0.1, 0.15) is 6.17 Å². The zero-order chi connectivity index (χ0) is 10.1. The van der Waals surface area contributed by atoms with Gasteiger partial charge in [-0.05, 0) is 5.56 Å². The van der Waals surface area contributed by atoms with E-state index in [1.807, 2.05) is 6.20 Å². The third-order valence-corrected chi connectivity index (χ3v) is 3.10. The van der Waals surface area contributed by atoms with E-state index in [0.29, 0.717) is 12.2 Å². The Morgan fingerprint density at radius 2 is 2.07 bits per heavy atom. The molecule has 15 heavy (non-hydrogen) atoms. The van der Waals surface area contributed by atoms with E-state index in [1.54, 1.807) is 0 Å². The first-order chi connectivity index (χ1) is 7.45. The molecule has 0 aliphatic carbocycles. The highest BCUT2D eigenvalue weighted by molar-refractivity contribution is 5.22. The van der Waals surface area contributed by atoms with E-state index in [2.05, 4.69) is 52.1 Å². The predicted octanol–water partition coefficient (Wildman–Crippen LogP) is 1.03. The van der Waals surface area contributed by atoms with Gasteiger partial charge in [-0.2, -0.15) is 0 Å². The highest BCUT2D eigenvalue weighted by atomic mass is 15.3. The fourth-order valence-electron chi connectivity index (χ4n) is 2.35. The third-order valence-electron chi connectivity index (χ3n) is 3.10. The summed E-state index contributed by atoms with van der Waals surface area (Å²) >= 11 is 0. The van der Waals surface area contributed by atoms with Crippen LogP contribution in [0.4, 0.5) is 0 Å². The maximum Gasteiger partial charge on any atom is 0.118 e. The average Bonchev–Trinajstić information content (AvgIpc) is 2.78. The van der Waals surface area contributed by atoms with Crippen LogP contribution in [0.1, 0.15) is 11.6 Å². The first-order valence-electron chi connectivity index (χ1n) is 5.42. The Balaban J connectivity index is 1.87. The van der Waals surface area contributed by atoms with Crippen LogP contribution in [0, 0.1) is 0 Å². The fraction of sp³-hybridized carbons (Fsp3) is 0.333. The standard InChI is InChI=1S/C12H15N3/c1-2-4-10(5-3-1)11-12-14-7-9-15(12)8-6-13-11/h1-5,7,9,11-14H,6,8H2. The smallest absolute Gasteiger partial charge is 0.118 e. The average molecular weight is 201 g/mol. The molecule has 0 spiro atoms. The first-order valence-corrected chi connectivity index (χ1v) is 5.42. The lowest BCUT2D eigenvalue weighted by atomic mass is 10.0. The molecule has 78 valence electrons. The van der Waals surface area contributed by atoms with Gasteiger partial charge in [-0.1, -0.05) is 30.3 Å². The lowest BCUT2D eigenvalue weighted by Crippen LogP contribution is -2.53. The first kappa shape index (κ1) is 8.80. The third kappa shape index (κ3) is 1.49. The zero-order valence-electron chi connectivity index (χ0n) is 8.56. The van der Waals surface area contributed by atoms with Gasteiger partial charge in [0.05, 0.1) is 6.04 Å². The lowest BCUT2D eigenvalue weighted by Gasteiger charge is -2.38. The largest absolute Gasteiger partial charge is 0.368 e. The van der Waals surface area contributed by atoms with Crippen molar-refractivity contribution in [3.05, 3.63) is 48.3 Å². The van der Waals surface area contributed by atoms with Crippen LogP contribution in [0.25, 0.3) is 0 Å². The van der Waals surface area contributed by atoms with Gasteiger partial charge >= 0.3 is 0 Å². The van der Waals surface area contributed by atoms with E-state index >= 15 is 0 Å². The van der Waals surface area contributed by atoms with Crippen molar-refractivity contribution in [2.45, 2.75) is 12.2 Å². The van der Waals surface area contributed by atoms with Crippen LogP contribution in [0.15, 0.2) is 42.7 Å². The minimum Gasteiger partial charge on any atom is -0.368 e. The molecule has 1 aromatic rings. The van der Waals surface area contributed by atoms with Gasteiger partial charge in [-0.25, -0.2) is 0 Å². The second-order valence-electron chi connectivity index (χ2n) is 4.01. The Hall–Kier alpha value is -1.48. The summed E-state index contributed by atoms with van der Waals surface area (Å²) in [7, 11) is 0. The molecule has 0 saturated carbocycles. The highest BCUT2D eigenvalue weighted by Gasteiger charge is 2.31. The number of nitrogens with one attached hydrogen (secondary N) is 2. The molecular formula is C12H15N3. The van der Waals surface area contributed by atoms with Crippen LogP contribution < -0.4 is 10.6 Å².